The smallest absolute Gasteiger partial charge is 0.193 e. The molecule has 5 nitrogen and oxygen atoms in total. The zero-order chi connectivity index (χ0) is 18.9. The number of nitrogens with zero attached hydrogens (tertiary/aromatic N) is 4. The molecule has 2 rings (SSSR count). The summed E-state index contributed by atoms with van der Waals surface area (Å²) in [7, 11) is 3.77. The molecule has 26 heavy (non-hydrogen) atoms. The van der Waals surface area contributed by atoms with E-state index < -0.39 is 0 Å². The SMILES string of the molecule is CCN1CCN(CC(C)CNC(=NC)N(C)Cc2cccc(F)c2)CC1. The fourth-order valence-electron chi connectivity index (χ4n) is 3.43. The number of aliphatic imine (C=N–C) groups is 1. The number of halogens is 1. The highest BCUT2D eigenvalue weighted by molar-refractivity contribution is 5.79. The Morgan fingerprint density at radius 3 is 2.58 bits per heavy atom. The average molecular weight is 364 g/mol. The topological polar surface area (TPSA) is 34.1 Å². The van der Waals surface area contributed by atoms with Gasteiger partial charge in [0.1, 0.15) is 5.82 Å². The number of rotatable bonds is 7. The number of hydrogen-bond acceptors (Lipinski definition) is 3. The Morgan fingerprint density at radius 1 is 1.27 bits per heavy atom. The summed E-state index contributed by atoms with van der Waals surface area (Å²) in [5.74, 6) is 1.19. The Kier molecular flexibility index (Phi) is 8.32. The van der Waals surface area contributed by atoms with Gasteiger partial charge in [0.2, 0.25) is 0 Å². The first-order valence-electron chi connectivity index (χ1n) is 9.62. The lowest BCUT2D eigenvalue weighted by atomic mass is 10.1. The van der Waals surface area contributed by atoms with Crippen LogP contribution in [0, 0.1) is 11.7 Å². The number of guanidine groups is 1. The first-order valence-corrected chi connectivity index (χ1v) is 9.62. The summed E-state index contributed by atoms with van der Waals surface area (Å²) >= 11 is 0. The molecule has 1 heterocycles. The number of nitrogens with one attached hydrogen (secondary N) is 1. The molecule has 1 aromatic rings. The van der Waals surface area contributed by atoms with Crippen LogP contribution >= 0.6 is 0 Å². The van der Waals surface area contributed by atoms with Gasteiger partial charge in [0, 0.05) is 59.9 Å². The molecule has 1 aliphatic rings. The van der Waals surface area contributed by atoms with E-state index in [2.05, 4.69) is 34.0 Å². The van der Waals surface area contributed by atoms with E-state index in [0.717, 1.165) is 44.2 Å². The normalized spacial score (nSPS) is 18.0. The lowest BCUT2D eigenvalue weighted by Gasteiger charge is -2.35. The molecule has 1 saturated heterocycles. The first kappa shape index (κ1) is 20.6. The van der Waals surface area contributed by atoms with E-state index in [9.17, 15) is 4.39 Å². The van der Waals surface area contributed by atoms with Crippen LogP contribution < -0.4 is 5.32 Å². The van der Waals surface area contributed by atoms with Crippen molar-refractivity contribution in [3.05, 3.63) is 35.6 Å². The lowest BCUT2D eigenvalue weighted by Crippen LogP contribution is -2.48. The summed E-state index contributed by atoms with van der Waals surface area (Å²) < 4.78 is 13.4. The predicted octanol–water partition coefficient (Wildman–Crippen LogP) is 2.11. The molecular weight excluding hydrogens is 329 g/mol. The van der Waals surface area contributed by atoms with Crippen LogP contribution in [0.4, 0.5) is 4.39 Å². The highest BCUT2D eigenvalue weighted by Crippen LogP contribution is 2.08. The van der Waals surface area contributed by atoms with Crippen molar-refractivity contribution in [3.63, 3.8) is 0 Å². The molecule has 1 atom stereocenters. The van der Waals surface area contributed by atoms with Gasteiger partial charge in [0.05, 0.1) is 0 Å². The molecule has 1 aliphatic heterocycles. The second-order valence-electron chi connectivity index (χ2n) is 7.25. The van der Waals surface area contributed by atoms with E-state index in [1.54, 1.807) is 19.2 Å². The van der Waals surface area contributed by atoms with Crippen LogP contribution in [-0.4, -0.2) is 80.6 Å². The largest absolute Gasteiger partial charge is 0.356 e. The zero-order valence-corrected chi connectivity index (χ0v) is 16.7. The van der Waals surface area contributed by atoms with Crippen molar-refractivity contribution < 1.29 is 4.39 Å². The number of benzene rings is 1. The summed E-state index contributed by atoms with van der Waals surface area (Å²) in [4.78, 5) is 11.4. The highest BCUT2D eigenvalue weighted by atomic mass is 19.1. The van der Waals surface area contributed by atoms with Crippen LogP contribution in [0.5, 0.6) is 0 Å². The van der Waals surface area contributed by atoms with Crippen molar-refractivity contribution in [2.75, 3.05) is 59.9 Å². The second-order valence-corrected chi connectivity index (χ2v) is 7.25. The number of hydrogen-bond donors (Lipinski definition) is 1. The van der Waals surface area contributed by atoms with Crippen molar-refractivity contribution in [2.45, 2.75) is 20.4 Å². The van der Waals surface area contributed by atoms with E-state index in [1.807, 2.05) is 18.0 Å². The Hall–Kier alpha value is -1.66. The van der Waals surface area contributed by atoms with Gasteiger partial charge in [0.15, 0.2) is 5.96 Å². The van der Waals surface area contributed by atoms with Gasteiger partial charge in [0.25, 0.3) is 0 Å². The molecule has 0 radical (unpaired) electrons. The minimum absolute atomic E-state index is 0.198. The van der Waals surface area contributed by atoms with E-state index in [4.69, 9.17) is 0 Å². The monoisotopic (exact) mass is 363 g/mol. The molecule has 1 unspecified atom stereocenters. The maximum atomic E-state index is 13.4. The molecule has 1 fully saturated rings. The molecule has 0 aromatic heterocycles. The minimum atomic E-state index is -0.198. The van der Waals surface area contributed by atoms with Crippen molar-refractivity contribution in [1.29, 1.82) is 0 Å². The van der Waals surface area contributed by atoms with Gasteiger partial charge in [-0.3, -0.25) is 4.99 Å². The summed E-state index contributed by atoms with van der Waals surface area (Å²) in [6.07, 6.45) is 0. The van der Waals surface area contributed by atoms with Crippen LogP contribution in [0.2, 0.25) is 0 Å². The van der Waals surface area contributed by atoms with Crippen LogP contribution in [-0.2, 0) is 6.54 Å². The molecule has 0 amide bonds. The van der Waals surface area contributed by atoms with Crippen LogP contribution in [0.15, 0.2) is 29.3 Å². The minimum Gasteiger partial charge on any atom is -0.356 e. The Morgan fingerprint density at radius 2 is 1.96 bits per heavy atom. The maximum Gasteiger partial charge on any atom is 0.193 e. The van der Waals surface area contributed by atoms with Gasteiger partial charge < -0.3 is 20.0 Å². The molecule has 0 bridgehead atoms. The van der Waals surface area contributed by atoms with E-state index >= 15 is 0 Å². The molecule has 1 aromatic carbocycles. The molecule has 0 spiro atoms. The Balaban J connectivity index is 1.75. The third-order valence-electron chi connectivity index (χ3n) is 4.97. The maximum absolute atomic E-state index is 13.4. The summed E-state index contributed by atoms with van der Waals surface area (Å²) in [6.45, 7) is 12.9. The summed E-state index contributed by atoms with van der Waals surface area (Å²) in [5, 5.41) is 3.46. The van der Waals surface area contributed by atoms with Gasteiger partial charge >= 0.3 is 0 Å². The van der Waals surface area contributed by atoms with Crippen molar-refractivity contribution in [1.82, 2.24) is 20.0 Å². The van der Waals surface area contributed by atoms with Crippen molar-refractivity contribution in [2.24, 2.45) is 10.9 Å². The van der Waals surface area contributed by atoms with Gasteiger partial charge in [-0.2, -0.15) is 0 Å². The van der Waals surface area contributed by atoms with Crippen LogP contribution in [0.25, 0.3) is 0 Å². The van der Waals surface area contributed by atoms with E-state index in [1.165, 1.54) is 19.2 Å². The van der Waals surface area contributed by atoms with Gasteiger partial charge in [-0.1, -0.05) is 26.0 Å². The third kappa shape index (κ3) is 6.57. The van der Waals surface area contributed by atoms with Crippen LogP contribution in [0.3, 0.4) is 0 Å². The molecule has 6 heteroatoms. The fraction of sp³-hybridized carbons (Fsp3) is 0.650. The van der Waals surface area contributed by atoms with E-state index in [0.29, 0.717) is 12.5 Å². The second kappa shape index (κ2) is 10.5. The van der Waals surface area contributed by atoms with Gasteiger partial charge in [-0.25, -0.2) is 4.39 Å². The number of piperazine rings is 1. The van der Waals surface area contributed by atoms with Gasteiger partial charge in [-0.05, 0) is 30.2 Å². The molecule has 0 aliphatic carbocycles. The fourth-order valence-corrected chi connectivity index (χ4v) is 3.43. The molecule has 0 saturated carbocycles. The Bertz CT molecular complexity index is 569. The Labute approximate surface area is 157 Å². The first-order chi connectivity index (χ1) is 12.5. The third-order valence-corrected chi connectivity index (χ3v) is 4.97. The molecular formula is C20H34FN5. The van der Waals surface area contributed by atoms with E-state index in [-0.39, 0.29) is 5.82 Å². The quantitative estimate of drug-likeness (QED) is 0.594. The zero-order valence-electron chi connectivity index (χ0n) is 16.7. The highest BCUT2D eigenvalue weighted by Gasteiger charge is 2.17. The van der Waals surface area contributed by atoms with Crippen molar-refractivity contribution >= 4 is 5.96 Å². The predicted molar refractivity (Wildman–Crippen MR) is 107 cm³/mol. The molecule has 146 valence electrons. The summed E-state index contributed by atoms with van der Waals surface area (Å²) in [5.41, 5.74) is 0.942. The molecule has 1 N–H and O–H groups in total. The lowest BCUT2D eigenvalue weighted by molar-refractivity contribution is 0.124. The standard InChI is InChI=1S/C20H34FN5/c1-5-25-9-11-26(12-10-25)15-17(2)14-23-20(22-3)24(4)16-18-7-6-8-19(21)13-18/h6-8,13,17H,5,9-12,14-16H2,1-4H3,(H,22,23). The van der Waals surface area contributed by atoms with Crippen LogP contribution in [0.1, 0.15) is 19.4 Å². The summed E-state index contributed by atoms with van der Waals surface area (Å²) in [6, 6.07) is 6.72. The van der Waals surface area contributed by atoms with Gasteiger partial charge in [-0.15, -0.1) is 0 Å². The van der Waals surface area contributed by atoms with Crippen molar-refractivity contribution in [3.8, 4) is 0 Å². The number of likely N-dealkylation sites (N-methyl/N-ethyl adjacent to an activating group) is 1. The average Bonchev–Trinajstić information content (AvgIpc) is 2.63.